The van der Waals surface area contributed by atoms with Crippen molar-refractivity contribution in [1.29, 1.82) is 0 Å². The Morgan fingerprint density at radius 2 is 2.17 bits per heavy atom. The Bertz CT molecular complexity index is 917. The van der Waals surface area contributed by atoms with E-state index >= 15 is 0 Å². The Balaban J connectivity index is 1.44. The summed E-state index contributed by atoms with van der Waals surface area (Å²) in [4.78, 5) is 28.7. The number of amides is 3. The molecule has 3 unspecified atom stereocenters. The zero-order chi connectivity index (χ0) is 20.8. The molecule has 4 atom stereocenters. The predicted octanol–water partition coefficient (Wildman–Crippen LogP) is 2.31. The van der Waals surface area contributed by atoms with Gasteiger partial charge >= 0.3 is 6.03 Å². The molecule has 160 valence electrons. The van der Waals surface area contributed by atoms with E-state index in [1.165, 1.54) is 0 Å². The van der Waals surface area contributed by atoms with Crippen molar-refractivity contribution in [3.8, 4) is 0 Å². The summed E-state index contributed by atoms with van der Waals surface area (Å²) in [6.45, 7) is 4.54. The number of rotatable bonds is 3. The van der Waals surface area contributed by atoms with Crippen LogP contribution in [-0.4, -0.2) is 49.0 Å². The van der Waals surface area contributed by atoms with Gasteiger partial charge in [-0.3, -0.25) is 9.69 Å². The predicted molar refractivity (Wildman–Crippen MR) is 120 cm³/mol. The molecule has 7 nitrogen and oxygen atoms in total. The average molecular weight is 448 g/mol. The van der Waals surface area contributed by atoms with E-state index < -0.39 is 0 Å². The Morgan fingerprint density at radius 3 is 2.93 bits per heavy atom. The molecule has 0 saturated carbocycles. The first kappa shape index (κ1) is 20.2. The lowest BCUT2D eigenvalue weighted by molar-refractivity contribution is -0.117. The number of aryl methyl sites for hydroxylation is 1. The molecule has 0 aliphatic carbocycles. The zero-order valence-corrected chi connectivity index (χ0v) is 18.4. The molecule has 0 radical (unpaired) electrons. The molecule has 0 spiro atoms. The van der Waals surface area contributed by atoms with Gasteiger partial charge in [0, 0.05) is 34.9 Å². The minimum atomic E-state index is -0.195. The third-order valence-electron chi connectivity index (χ3n) is 6.41. The van der Waals surface area contributed by atoms with E-state index in [1.54, 1.807) is 11.8 Å². The van der Waals surface area contributed by atoms with Crippen LogP contribution in [0.5, 0.6) is 0 Å². The second-order valence-corrected chi connectivity index (χ2v) is 9.93. The normalized spacial score (nSPS) is 30.7. The molecule has 1 aromatic rings. The SMILES string of the molecule is Cc1ccc(N2C(=O)NC3=C(C(=O)N[C@@H]4CCCNC4)SC4NCCC2C34)cc1Cl. The van der Waals surface area contributed by atoms with Gasteiger partial charge in [0.15, 0.2) is 0 Å². The topological polar surface area (TPSA) is 85.5 Å². The molecule has 4 aliphatic rings. The number of nitrogens with one attached hydrogen (secondary N) is 4. The van der Waals surface area contributed by atoms with Gasteiger partial charge in [-0.2, -0.15) is 0 Å². The van der Waals surface area contributed by atoms with Crippen LogP contribution in [0.4, 0.5) is 10.5 Å². The van der Waals surface area contributed by atoms with Crippen LogP contribution in [-0.2, 0) is 4.79 Å². The van der Waals surface area contributed by atoms with Gasteiger partial charge in [-0.25, -0.2) is 4.79 Å². The number of nitrogens with zero attached hydrogens (tertiary/aromatic N) is 1. The van der Waals surface area contributed by atoms with Crippen molar-refractivity contribution in [2.75, 3.05) is 24.5 Å². The number of carbonyl (C=O) groups is 2. The van der Waals surface area contributed by atoms with Crippen molar-refractivity contribution in [3.63, 3.8) is 0 Å². The minimum Gasteiger partial charge on any atom is -0.348 e. The van der Waals surface area contributed by atoms with Crippen LogP contribution in [0.3, 0.4) is 0 Å². The third kappa shape index (κ3) is 3.49. The highest BCUT2D eigenvalue weighted by Crippen LogP contribution is 2.48. The third-order valence-corrected chi connectivity index (χ3v) is 8.18. The fraction of sp³-hybridized carbons (Fsp3) is 0.524. The number of hydrogen-bond donors (Lipinski definition) is 4. The molecule has 4 heterocycles. The number of thioether (sulfide) groups is 1. The average Bonchev–Trinajstić information content (AvgIpc) is 3.11. The Morgan fingerprint density at radius 1 is 1.30 bits per heavy atom. The van der Waals surface area contributed by atoms with Gasteiger partial charge in [0.2, 0.25) is 0 Å². The van der Waals surface area contributed by atoms with E-state index in [-0.39, 0.29) is 35.3 Å². The molecule has 9 heteroatoms. The highest BCUT2D eigenvalue weighted by molar-refractivity contribution is 8.04. The van der Waals surface area contributed by atoms with E-state index in [2.05, 4.69) is 21.3 Å². The maximum atomic E-state index is 13.2. The molecule has 1 aromatic carbocycles. The second kappa shape index (κ2) is 8.07. The van der Waals surface area contributed by atoms with Gasteiger partial charge in [0.05, 0.1) is 16.3 Å². The molecule has 0 bridgehead atoms. The summed E-state index contributed by atoms with van der Waals surface area (Å²) < 4.78 is 0. The van der Waals surface area contributed by atoms with Crippen molar-refractivity contribution < 1.29 is 9.59 Å². The minimum absolute atomic E-state index is 0.00656. The number of piperidine rings is 2. The van der Waals surface area contributed by atoms with Crippen LogP contribution >= 0.6 is 23.4 Å². The molecular weight excluding hydrogens is 422 g/mol. The summed E-state index contributed by atoms with van der Waals surface area (Å²) in [7, 11) is 0. The lowest BCUT2D eigenvalue weighted by Crippen LogP contribution is -2.62. The van der Waals surface area contributed by atoms with Crippen molar-refractivity contribution in [2.45, 2.75) is 43.6 Å². The Labute approximate surface area is 185 Å². The maximum absolute atomic E-state index is 13.2. The van der Waals surface area contributed by atoms with Crippen molar-refractivity contribution in [3.05, 3.63) is 39.4 Å². The van der Waals surface area contributed by atoms with Gasteiger partial charge in [0.1, 0.15) is 0 Å². The Kier molecular flexibility index (Phi) is 5.43. The summed E-state index contributed by atoms with van der Waals surface area (Å²) >= 11 is 7.88. The van der Waals surface area contributed by atoms with Crippen molar-refractivity contribution >= 4 is 41.0 Å². The van der Waals surface area contributed by atoms with Gasteiger partial charge in [-0.15, -0.1) is 0 Å². The second-order valence-electron chi connectivity index (χ2n) is 8.37. The quantitative estimate of drug-likeness (QED) is 0.571. The van der Waals surface area contributed by atoms with Crippen LogP contribution in [0.1, 0.15) is 24.8 Å². The fourth-order valence-corrected chi connectivity index (χ4v) is 6.45. The highest BCUT2D eigenvalue weighted by Gasteiger charge is 2.51. The van der Waals surface area contributed by atoms with Gasteiger partial charge < -0.3 is 21.3 Å². The molecular formula is C21H26ClN5O2S. The molecule has 3 amide bonds. The maximum Gasteiger partial charge on any atom is 0.326 e. The number of urea groups is 1. The van der Waals surface area contributed by atoms with Gasteiger partial charge in [-0.1, -0.05) is 29.4 Å². The number of hydrogen-bond acceptors (Lipinski definition) is 5. The molecule has 5 rings (SSSR count). The molecule has 4 aliphatic heterocycles. The standard InChI is InChI=1S/C21H26ClN5O2S/c1-11-4-5-13(9-14(11)22)27-15-6-8-24-20-16(15)17(26-21(27)29)18(30-20)19(28)25-12-3-2-7-23-10-12/h4-5,9,12,15-16,20,23-24H,2-3,6-8,10H2,1H3,(H,25,28)(H,26,29)/t12-,15?,16?,20?/m1/s1. The van der Waals surface area contributed by atoms with Crippen molar-refractivity contribution in [1.82, 2.24) is 21.3 Å². The summed E-state index contributed by atoms with van der Waals surface area (Å²) in [6, 6.07) is 5.67. The van der Waals surface area contributed by atoms with Crippen molar-refractivity contribution in [2.24, 2.45) is 5.92 Å². The number of benzene rings is 1. The highest BCUT2D eigenvalue weighted by atomic mass is 35.5. The number of carbonyl (C=O) groups excluding carboxylic acids is 2. The summed E-state index contributed by atoms with van der Waals surface area (Å²) in [5.41, 5.74) is 2.54. The van der Waals surface area contributed by atoms with E-state index in [1.807, 2.05) is 30.0 Å². The van der Waals surface area contributed by atoms with Crippen LogP contribution in [0, 0.1) is 12.8 Å². The summed E-state index contributed by atoms with van der Waals surface area (Å²) in [6.07, 6.45) is 2.86. The van der Waals surface area contributed by atoms with E-state index in [0.29, 0.717) is 9.93 Å². The van der Waals surface area contributed by atoms with Gasteiger partial charge in [0.25, 0.3) is 5.91 Å². The lowest BCUT2D eigenvalue weighted by atomic mass is 9.86. The van der Waals surface area contributed by atoms with E-state index in [9.17, 15) is 9.59 Å². The molecule has 0 aromatic heterocycles. The van der Waals surface area contributed by atoms with E-state index in [4.69, 9.17) is 11.6 Å². The molecule has 3 fully saturated rings. The zero-order valence-electron chi connectivity index (χ0n) is 16.8. The van der Waals surface area contributed by atoms with Gasteiger partial charge in [-0.05, 0) is 57.0 Å². The smallest absolute Gasteiger partial charge is 0.326 e. The molecule has 3 saturated heterocycles. The fourth-order valence-electron chi connectivity index (χ4n) is 4.88. The van der Waals surface area contributed by atoms with Crippen LogP contribution < -0.4 is 26.2 Å². The first-order valence-electron chi connectivity index (χ1n) is 10.5. The first-order valence-corrected chi connectivity index (χ1v) is 11.8. The molecule has 30 heavy (non-hydrogen) atoms. The Hall–Kier alpha value is -1.74. The van der Waals surface area contributed by atoms with Crippen LogP contribution in [0.15, 0.2) is 28.8 Å². The number of anilines is 1. The number of halogens is 1. The first-order chi connectivity index (χ1) is 14.5. The molecule has 4 N–H and O–H groups in total. The van der Waals surface area contributed by atoms with E-state index in [0.717, 1.165) is 55.8 Å². The largest absolute Gasteiger partial charge is 0.348 e. The summed E-state index contributed by atoms with van der Waals surface area (Å²) in [5.74, 6) is -0.0301. The lowest BCUT2D eigenvalue weighted by Gasteiger charge is -2.45. The summed E-state index contributed by atoms with van der Waals surface area (Å²) in [5, 5.41) is 13.8. The van der Waals surface area contributed by atoms with Crippen LogP contribution in [0.2, 0.25) is 5.02 Å². The van der Waals surface area contributed by atoms with Crippen LogP contribution in [0.25, 0.3) is 0 Å². The monoisotopic (exact) mass is 447 g/mol.